The van der Waals surface area contributed by atoms with Crippen LogP contribution < -0.4 is 14.4 Å². The highest BCUT2D eigenvalue weighted by atomic mass is 32.2. The number of hydrogen-bond acceptors (Lipinski definition) is 5. The molecule has 0 bridgehead atoms. The van der Waals surface area contributed by atoms with Crippen molar-refractivity contribution in [3.8, 4) is 11.5 Å². The molecule has 2 fully saturated rings. The summed E-state index contributed by atoms with van der Waals surface area (Å²) in [6, 6.07) is 16.1. The fraction of sp³-hybridized carbons (Fsp3) is 0.458. The van der Waals surface area contributed by atoms with Gasteiger partial charge < -0.3 is 14.4 Å². The van der Waals surface area contributed by atoms with Crippen LogP contribution in [0.25, 0.3) is 0 Å². The van der Waals surface area contributed by atoms with Gasteiger partial charge >= 0.3 is 0 Å². The van der Waals surface area contributed by atoms with E-state index >= 15 is 0 Å². The molecule has 1 saturated carbocycles. The Hall–Kier alpha value is -1.79. The standard InChI is InChI=1S/C24H29NO3S2/c1-17(18-4-5-18)25(20-8-12-21(27-2)13-9-20)23(26)16-28-22-10-6-19(7-11-22)24-29-14-3-15-30-24/h6-13,17-18,24H,3-5,14-16H2,1-2H3. The monoisotopic (exact) mass is 443 g/mol. The van der Waals surface area contributed by atoms with Gasteiger partial charge in [0.15, 0.2) is 6.61 Å². The van der Waals surface area contributed by atoms with Crippen LogP contribution in [0.3, 0.4) is 0 Å². The molecular formula is C24H29NO3S2. The van der Waals surface area contributed by atoms with Crippen LogP contribution in [0.15, 0.2) is 48.5 Å². The summed E-state index contributed by atoms with van der Waals surface area (Å²) in [5, 5.41) is 0. The van der Waals surface area contributed by atoms with Gasteiger partial charge in [0.2, 0.25) is 0 Å². The predicted octanol–water partition coefficient (Wildman–Crippen LogP) is 5.77. The molecule has 0 aromatic heterocycles. The van der Waals surface area contributed by atoms with E-state index < -0.39 is 0 Å². The Labute approximate surface area is 187 Å². The number of anilines is 1. The molecule has 2 aromatic rings. The predicted molar refractivity (Wildman–Crippen MR) is 127 cm³/mol. The van der Waals surface area contributed by atoms with Crippen molar-refractivity contribution < 1.29 is 14.3 Å². The second-order valence-corrected chi connectivity index (χ2v) is 10.5. The lowest BCUT2D eigenvalue weighted by atomic mass is 10.1. The van der Waals surface area contributed by atoms with E-state index in [-0.39, 0.29) is 18.6 Å². The van der Waals surface area contributed by atoms with E-state index in [4.69, 9.17) is 9.47 Å². The van der Waals surface area contributed by atoms with Crippen LogP contribution in [0.5, 0.6) is 11.5 Å². The zero-order valence-electron chi connectivity index (χ0n) is 17.6. The molecule has 0 spiro atoms. The van der Waals surface area contributed by atoms with E-state index in [1.54, 1.807) is 7.11 Å². The van der Waals surface area contributed by atoms with Gasteiger partial charge in [0.05, 0.1) is 11.7 Å². The Morgan fingerprint density at radius 2 is 1.67 bits per heavy atom. The lowest BCUT2D eigenvalue weighted by Gasteiger charge is -2.29. The van der Waals surface area contributed by atoms with Gasteiger partial charge in [-0.05, 0) is 85.6 Å². The van der Waals surface area contributed by atoms with Gasteiger partial charge in [0.1, 0.15) is 11.5 Å². The SMILES string of the molecule is COc1ccc(N(C(=O)COc2ccc(C3SCCCS3)cc2)C(C)C2CC2)cc1. The Kier molecular flexibility index (Phi) is 7.16. The van der Waals surface area contributed by atoms with Crippen LogP contribution >= 0.6 is 23.5 Å². The molecule has 4 rings (SSSR count). The highest BCUT2D eigenvalue weighted by Crippen LogP contribution is 2.43. The Bertz CT molecular complexity index is 831. The van der Waals surface area contributed by atoms with Gasteiger partial charge in [-0.25, -0.2) is 0 Å². The molecule has 1 saturated heterocycles. The molecule has 30 heavy (non-hydrogen) atoms. The van der Waals surface area contributed by atoms with E-state index in [0.717, 1.165) is 17.2 Å². The molecule has 1 aliphatic carbocycles. The number of ether oxygens (including phenoxy) is 2. The van der Waals surface area contributed by atoms with Crippen LogP contribution in [0.2, 0.25) is 0 Å². The number of amides is 1. The first-order chi connectivity index (χ1) is 14.7. The molecule has 1 unspecified atom stereocenters. The molecule has 4 nitrogen and oxygen atoms in total. The van der Waals surface area contributed by atoms with Gasteiger partial charge in [0.25, 0.3) is 5.91 Å². The molecule has 2 aromatic carbocycles. The van der Waals surface area contributed by atoms with Crippen LogP contribution in [0.1, 0.15) is 36.3 Å². The second kappa shape index (κ2) is 10.0. The fourth-order valence-electron chi connectivity index (χ4n) is 3.75. The Balaban J connectivity index is 1.40. The van der Waals surface area contributed by atoms with Crippen molar-refractivity contribution in [2.24, 2.45) is 5.92 Å². The lowest BCUT2D eigenvalue weighted by molar-refractivity contribution is -0.121. The molecular weight excluding hydrogens is 414 g/mol. The van der Waals surface area contributed by atoms with E-state index in [1.165, 1.54) is 36.3 Å². The molecule has 1 aliphatic heterocycles. The van der Waals surface area contributed by atoms with Crippen LogP contribution in [0.4, 0.5) is 5.69 Å². The van der Waals surface area contributed by atoms with Gasteiger partial charge in [-0.2, -0.15) is 0 Å². The number of thioether (sulfide) groups is 2. The van der Waals surface area contributed by atoms with Crippen LogP contribution in [-0.4, -0.2) is 37.2 Å². The summed E-state index contributed by atoms with van der Waals surface area (Å²) in [7, 11) is 1.65. The average molecular weight is 444 g/mol. The van der Waals surface area contributed by atoms with E-state index in [2.05, 4.69) is 19.1 Å². The molecule has 0 radical (unpaired) electrons. The maximum absolute atomic E-state index is 13.1. The normalized spacial score (nSPS) is 17.9. The Morgan fingerprint density at radius 3 is 2.27 bits per heavy atom. The zero-order chi connectivity index (χ0) is 20.9. The number of methoxy groups -OCH3 is 1. The molecule has 2 aliphatic rings. The third-order valence-electron chi connectivity index (χ3n) is 5.67. The maximum atomic E-state index is 13.1. The van der Waals surface area contributed by atoms with Crippen molar-refractivity contribution in [2.75, 3.05) is 30.1 Å². The topological polar surface area (TPSA) is 38.8 Å². The van der Waals surface area contributed by atoms with E-state index in [9.17, 15) is 4.79 Å². The number of benzene rings is 2. The summed E-state index contributed by atoms with van der Waals surface area (Å²) >= 11 is 4.02. The minimum absolute atomic E-state index is 0.0120. The van der Waals surface area contributed by atoms with Crippen molar-refractivity contribution in [3.63, 3.8) is 0 Å². The van der Waals surface area contributed by atoms with Crippen molar-refractivity contribution in [2.45, 2.75) is 36.8 Å². The van der Waals surface area contributed by atoms with Crippen molar-refractivity contribution >= 4 is 35.1 Å². The van der Waals surface area contributed by atoms with Crippen molar-refractivity contribution in [3.05, 3.63) is 54.1 Å². The van der Waals surface area contributed by atoms with Crippen LogP contribution in [0, 0.1) is 5.92 Å². The first kappa shape index (κ1) is 21.4. The molecule has 1 heterocycles. The number of rotatable bonds is 8. The van der Waals surface area contributed by atoms with Crippen molar-refractivity contribution in [1.29, 1.82) is 0 Å². The minimum atomic E-state index is -0.0120. The smallest absolute Gasteiger partial charge is 0.265 e. The van der Waals surface area contributed by atoms with Gasteiger partial charge in [-0.15, -0.1) is 23.5 Å². The number of hydrogen-bond donors (Lipinski definition) is 0. The molecule has 160 valence electrons. The summed E-state index contributed by atoms with van der Waals surface area (Å²) in [6.07, 6.45) is 3.65. The maximum Gasteiger partial charge on any atom is 0.265 e. The summed E-state index contributed by atoms with van der Waals surface area (Å²) in [5.74, 6) is 4.54. The quantitative estimate of drug-likeness (QED) is 0.517. The second-order valence-electron chi connectivity index (χ2n) is 7.82. The largest absolute Gasteiger partial charge is 0.497 e. The fourth-order valence-corrected chi connectivity index (χ4v) is 6.65. The summed E-state index contributed by atoms with van der Waals surface area (Å²) in [4.78, 5) is 15.0. The summed E-state index contributed by atoms with van der Waals surface area (Å²) in [5.41, 5.74) is 2.22. The van der Waals surface area contributed by atoms with Gasteiger partial charge in [-0.1, -0.05) is 12.1 Å². The lowest BCUT2D eigenvalue weighted by Crippen LogP contribution is -2.42. The van der Waals surface area contributed by atoms with E-state index in [1.807, 2.05) is 64.8 Å². The third kappa shape index (κ3) is 5.27. The molecule has 1 amide bonds. The van der Waals surface area contributed by atoms with Gasteiger partial charge in [0, 0.05) is 11.7 Å². The number of nitrogens with zero attached hydrogens (tertiary/aromatic N) is 1. The summed E-state index contributed by atoms with van der Waals surface area (Å²) < 4.78 is 11.6. The van der Waals surface area contributed by atoms with Crippen molar-refractivity contribution in [1.82, 2.24) is 0 Å². The Morgan fingerprint density at radius 1 is 1.03 bits per heavy atom. The molecule has 1 atom stereocenters. The molecule has 0 N–H and O–H groups in total. The number of carbonyl (C=O) groups excluding carboxylic acids is 1. The third-order valence-corrected chi connectivity index (χ3v) is 8.69. The zero-order valence-corrected chi connectivity index (χ0v) is 19.2. The van der Waals surface area contributed by atoms with Gasteiger partial charge in [-0.3, -0.25) is 4.79 Å². The number of carbonyl (C=O) groups is 1. The van der Waals surface area contributed by atoms with E-state index in [0.29, 0.717) is 10.5 Å². The first-order valence-corrected chi connectivity index (χ1v) is 12.7. The minimum Gasteiger partial charge on any atom is -0.497 e. The first-order valence-electron chi connectivity index (χ1n) is 10.6. The summed E-state index contributed by atoms with van der Waals surface area (Å²) in [6.45, 7) is 2.17. The highest BCUT2D eigenvalue weighted by Gasteiger charge is 2.35. The van der Waals surface area contributed by atoms with Crippen LogP contribution in [-0.2, 0) is 4.79 Å². The average Bonchev–Trinajstić information content (AvgIpc) is 3.65. The highest BCUT2D eigenvalue weighted by molar-refractivity contribution is 8.16. The molecule has 6 heteroatoms.